The van der Waals surface area contributed by atoms with E-state index >= 15 is 0 Å². The number of hydrogen-bond donors (Lipinski definition) is 5. The van der Waals surface area contributed by atoms with Crippen molar-refractivity contribution in [3.8, 4) is 0 Å². The summed E-state index contributed by atoms with van der Waals surface area (Å²) in [4.78, 5) is 34.3. The van der Waals surface area contributed by atoms with Crippen LogP contribution in [-0.4, -0.2) is 46.8 Å². The van der Waals surface area contributed by atoms with Gasteiger partial charge >= 0.3 is 18.0 Å². The number of rotatable bonds is 3. The van der Waals surface area contributed by atoms with E-state index in [1.54, 1.807) is 10.6 Å². The van der Waals surface area contributed by atoms with Gasteiger partial charge in [-0.3, -0.25) is 4.89 Å². The molecule has 0 rings (SSSR count). The van der Waals surface area contributed by atoms with Gasteiger partial charge in [0.25, 0.3) is 0 Å². The SMILES string of the molecule is NC(=O)NC(NC(N)=O)C(=O)OO.[AlH3]. The highest BCUT2D eigenvalue weighted by Gasteiger charge is 2.22. The summed E-state index contributed by atoms with van der Waals surface area (Å²) >= 11 is 0. The molecule has 0 radical (unpaired) electrons. The molecule has 0 heterocycles. The molecule has 0 aliphatic carbocycles. The van der Waals surface area contributed by atoms with Crippen molar-refractivity contribution < 1.29 is 24.5 Å². The maximum atomic E-state index is 10.6. The van der Waals surface area contributed by atoms with Crippen molar-refractivity contribution in [1.82, 2.24) is 10.6 Å². The third-order valence-corrected chi connectivity index (χ3v) is 0.899. The number of hydrogen-bond acceptors (Lipinski definition) is 5. The molecule has 0 aromatic rings. The standard InChI is InChI=1S/C4H8N4O5.Al.3H/c5-3(10)7-1(2(9)13-12)8-4(6)11;;;;/h1,12H,(H3,5,7,10)(H3,6,8,11);;;;. The van der Waals surface area contributed by atoms with Gasteiger partial charge in [-0.1, -0.05) is 0 Å². The van der Waals surface area contributed by atoms with E-state index in [2.05, 4.69) is 16.4 Å². The number of urea groups is 2. The number of carbonyl (C=O) groups excluding carboxylic acids is 3. The molecule has 0 fully saturated rings. The van der Waals surface area contributed by atoms with Crippen LogP contribution in [0.3, 0.4) is 0 Å². The lowest BCUT2D eigenvalue weighted by Gasteiger charge is -2.13. The van der Waals surface area contributed by atoms with Crippen LogP contribution in [0.2, 0.25) is 0 Å². The van der Waals surface area contributed by atoms with E-state index in [9.17, 15) is 14.4 Å². The summed E-state index contributed by atoms with van der Waals surface area (Å²) in [7, 11) is 0. The van der Waals surface area contributed by atoms with Gasteiger partial charge in [0.15, 0.2) is 17.4 Å². The van der Waals surface area contributed by atoms with Crippen LogP contribution in [-0.2, 0) is 9.68 Å². The molecule has 0 atom stereocenters. The van der Waals surface area contributed by atoms with Crippen molar-refractivity contribution in [2.24, 2.45) is 11.5 Å². The van der Waals surface area contributed by atoms with Crippen molar-refractivity contribution >= 4 is 35.4 Å². The zero-order valence-electron chi connectivity index (χ0n) is 6.31. The first-order valence-electron chi connectivity index (χ1n) is 2.94. The first kappa shape index (κ1) is 15.0. The molecular formula is C4H11AlN4O5. The minimum Gasteiger partial charge on any atom is -0.352 e. The monoisotopic (exact) mass is 222 g/mol. The fourth-order valence-electron chi connectivity index (χ4n) is 0.491. The summed E-state index contributed by atoms with van der Waals surface area (Å²) in [5.74, 6) is -1.32. The smallest absolute Gasteiger partial charge is 0.352 e. The maximum absolute atomic E-state index is 10.6. The Morgan fingerprint density at radius 3 is 1.71 bits per heavy atom. The third-order valence-electron chi connectivity index (χ3n) is 0.899. The summed E-state index contributed by atoms with van der Waals surface area (Å²) in [6.07, 6.45) is -1.61. The summed E-state index contributed by atoms with van der Waals surface area (Å²) in [6.45, 7) is 0. The molecular weight excluding hydrogens is 211 g/mol. The molecule has 0 saturated carbocycles. The van der Waals surface area contributed by atoms with Crippen LogP contribution in [0.15, 0.2) is 0 Å². The highest BCUT2D eigenvalue weighted by Crippen LogP contribution is 1.82. The van der Waals surface area contributed by atoms with Gasteiger partial charge in [0, 0.05) is 0 Å². The fraction of sp³-hybridized carbons (Fsp3) is 0.250. The summed E-state index contributed by atoms with van der Waals surface area (Å²) in [5.41, 5.74) is 9.26. The molecule has 10 heteroatoms. The average Bonchev–Trinajstić information content (AvgIpc) is 2.00. The average molecular weight is 222 g/mol. The van der Waals surface area contributed by atoms with Crippen LogP contribution < -0.4 is 22.1 Å². The number of primary amides is 2. The van der Waals surface area contributed by atoms with Crippen LogP contribution in [0, 0.1) is 0 Å². The Kier molecular flexibility index (Phi) is 7.45. The van der Waals surface area contributed by atoms with Gasteiger partial charge in [-0.15, -0.1) is 0 Å². The van der Waals surface area contributed by atoms with E-state index in [-0.39, 0.29) is 17.4 Å². The van der Waals surface area contributed by atoms with E-state index in [4.69, 9.17) is 5.26 Å². The van der Waals surface area contributed by atoms with Crippen LogP contribution >= 0.6 is 0 Å². The molecule has 0 aromatic heterocycles. The molecule has 7 N–H and O–H groups in total. The largest absolute Gasteiger partial charge is 0.384 e. The first-order chi connectivity index (χ1) is 5.97. The van der Waals surface area contributed by atoms with Crippen LogP contribution in [0.1, 0.15) is 0 Å². The highest BCUT2D eigenvalue weighted by atomic mass is 27.0. The molecule has 14 heavy (non-hydrogen) atoms. The number of nitrogens with two attached hydrogens (primary N) is 2. The fourth-order valence-corrected chi connectivity index (χ4v) is 0.491. The van der Waals surface area contributed by atoms with Gasteiger partial charge in [0.1, 0.15) is 0 Å². The molecule has 0 aromatic carbocycles. The Morgan fingerprint density at radius 1 is 1.14 bits per heavy atom. The lowest BCUT2D eigenvalue weighted by atomic mass is 10.5. The number of carbonyl (C=O) groups is 3. The molecule has 0 aliphatic rings. The van der Waals surface area contributed by atoms with Gasteiger partial charge in [0.05, 0.1) is 0 Å². The summed E-state index contributed by atoms with van der Waals surface area (Å²) in [5, 5.41) is 11.4. The quantitative estimate of drug-likeness (QED) is 0.145. The number of nitrogens with one attached hydrogen (secondary N) is 2. The van der Waals surface area contributed by atoms with Gasteiger partial charge in [-0.05, 0) is 0 Å². The third kappa shape index (κ3) is 6.07. The van der Waals surface area contributed by atoms with Crippen LogP contribution in [0.25, 0.3) is 0 Å². The minimum atomic E-state index is -1.61. The van der Waals surface area contributed by atoms with Crippen LogP contribution in [0.5, 0.6) is 0 Å². The van der Waals surface area contributed by atoms with E-state index in [1.165, 1.54) is 0 Å². The van der Waals surface area contributed by atoms with E-state index < -0.39 is 24.2 Å². The van der Waals surface area contributed by atoms with Crippen LogP contribution in [0.4, 0.5) is 9.59 Å². The molecule has 0 unspecified atom stereocenters. The van der Waals surface area contributed by atoms with Crippen molar-refractivity contribution in [2.45, 2.75) is 6.17 Å². The Bertz CT molecular complexity index is 218. The molecule has 9 nitrogen and oxygen atoms in total. The van der Waals surface area contributed by atoms with Gasteiger partial charge < -0.3 is 22.1 Å². The van der Waals surface area contributed by atoms with Crippen molar-refractivity contribution in [2.75, 3.05) is 0 Å². The second-order valence-electron chi connectivity index (χ2n) is 1.86. The molecule has 0 saturated heterocycles. The van der Waals surface area contributed by atoms with Crippen molar-refractivity contribution in [1.29, 1.82) is 0 Å². The van der Waals surface area contributed by atoms with E-state index in [1.807, 2.05) is 0 Å². The van der Waals surface area contributed by atoms with Gasteiger partial charge in [-0.2, -0.15) is 5.26 Å². The lowest BCUT2D eigenvalue weighted by molar-refractivity contribution is -0.236. The Balaban J connectivity index is 0. The van der Waals surface area contributed by atoms with E-state index in [0.717, 1.165) is 0 Å². The lowest BCUT2D eigenvalue weighted by Crippen LogP contribution is -2.56. The highest BCUT2D eigenvalue weighted by molar-refractivity contribution is 5.86. The normalized spacial score (nSPS) is 8.43. The second kappa shape index (κ2) is 6.96. The maximum Gasteiger partial charge on any atom is 0.384 e. The molecule has 4 amide bonds. The second-order valence-corrected chi connectivity index (χ2v) is 1.86. The first-order valence-corrected chi connectivity index (χ1v) is 2.94. The Hall–Kier alpha value is -1.50. The van der Waals surface area contributed by atoms with Crippen molar-refractivity contribution in [3.63, 3.8) is 0 Å². The zero-order valence-corrected chi connectivity index (χ0v) is 6.31. The van der Waals surface area contributed by atoms with Gasteiger partial charge in [0.2, 0.25) is 6.17 Å². The zero-order chi connectivity index (χ0) is 10.4. The predicted octanol–water partition coefficient (Wildman–Crippen LogP) is -3.52. The molecule has 0 bridgehead atoms. The Morgan fingerprint density at radius 2 is 1.50 bits per heavy atom. The summed E-state index contributed by atoms with van der Waals surface area (Å²) < 4.78 is 0. The molecule has 80 valence electrons. The van der Waals surface area contributed by atoms with Gasteiger partial charge in [-0.25, -0.2) is 14.4 Å². The van der Waals surface area contributed by atoms with E-state index in [0.29, 0.717) is 0 Å². The minimum absolute atomic E-state index is 0. The molecule has 0 aliphatic heterocycles. The topological polar surface area (TPSA) is 157 Å². The molecule has 0 spiro atoms. The Labute approximate surface area is 88.8 Å². The number of amides is 4. The predicted molar refractivity (Wildman–Crippen MR) is 47.9 cm³/mol. The van der Waals surface area contributed by atoms with Crippen molar-refractivity contribution in [3.05, 3.63) is 0 Å². The summed E-state index contributed by atoms with van der Waals surface area (Å²) in [6, 6.07) is -2.19.